The molecule has 0 amide bonds. The van der Waals surface area contributed by atoms with Gasteiger partial charge in [-0.25, -0.2) is 9.37 Å². The quantitative estimate of drug-likeness (QED) is 0.703. The molecule has 1 aromatic rings. The van der Waals surface area contributed by atoms with Gasteiger partial charge in [0.2, 0.25) is 0 Å². The maximum atomic E-state index is 12.6. The summed E-state index contributed by atoms with van der Waals surface area (Å²) < 4.78 is 12.6. The van der Waals surface area contributed by atoms with Crippen LogP contribution in [0.1, 0.15) is 12.8 Å². The lowest BCUT2D eigenvalue weighted by Crippen LogP contribution is -2.31. The number of pyridine rings is 1. The van der Waals surface area contributed by atoms with Gasteiger partial charge in [0.15, 0.2) is 0 Å². The highest BCUT2D eigenvalue weighted by Crippen LogP contribution is 2.24. The normalized spacial score (nSPS) is 21.6. The molecule has 4 heteroatoms. The van der Waals surface area contributed by atoms with E-state index in [4.69, 9.17) is 11.6 Å². The van der Waals surface area contributed by atoms with Crippen molar-refractivity contribution in [2.75, 3.05) is 17.3 Å². The SMILES string of the molecule is Fc1ccc(N2CCCC2CCl)nc1. The van der Waals surface area contributed by atoms with Gasteiger partial charge in [0.05, 0.1) is 6.20 Å². The first kappa shape index (κ1) is 9.71. The molecule has 1 saturated heterocycles. The molecule has 1 fully saturated rings. The third kappa shape index (κ3) is 1.82. The van der Waals surface area contributed by atoms with Gasteiger partial charge in [-0.1, -0.05) is 0 Å². The molecule has 2 nitrogen and oxygen atoms in total. The molecule has 14 heavy (non-hydrogen) atoms. The van der Waals surface area contributed by atoms with Crippen LogP contribution in [0, 0.1) is 5.82 Å². The monoisotopic (exact) mass is 214 g/mol. The van der Waals surface area contributed by atoms with Gasteiger partial charge in [-0.3, -0.25) is 0 Å². The van der Waals surface area contributed by atoms with Crippen molar-refractivity contribution in [3.05, 3.63) is 24.1 Å². The van der Waals surface area contributed by atoms with Gasteiger partial charge in [-0.15, -0.1) is 11.6 Å². The molecule has 1 unspecified atom stereocenters. The molecule has 0 N–H and O–H groups in total. The first-order chi connectivity index (χ1) is 6.81. The fourth-order valence-electron chi connectivity index (χ4n) is 1.84. The van der Waals surface area contributed by atoms with Gasteiger partial charge in [0.25, 0.3) is 0 Å². The lowest BCUT2D eigenvalue weighted by Gasteiger charge is -2.23. The van der Waals surface area contributed by atoms with E-state index in [0.29, 0.717) is 11.9 Å². The minimum absolute atomic E-state index is 0.296. The summed E-state index contributed by atoms with van der Waals surface area (Å²) >= 11 is 5.84. The maximum Gasteiger partial charge on any atom is 0.141 e. The lowest BCUT2D eigenvalue weighted by atomic mass is 10.2. The van der Waals surface area contributed by atoms with E-state index >= 15 is 0 Å². The second kappa shape index (κ2) is 4.13. The molecule has 0 aromatic carbocycles. The molecular weight excluding hydrogens is 203 g/mol. The molecule has 1 aromatic heterocycles. The van der Waals surface area contributed by atoms with Crippen molar-refractivity contribution in [1.82, 2.24) is 4.98 Å². The number of halogens is 2. The fraction of sp³-hybridized carbons (Fsp3) is 0.500. The summed E-state index contributed by atoms with van der Waals surface area (Å²) in [6, 6.07) is 3.50. The van der Waals surface area contributed by atoms with Crippen LogP contribution in [0.15, 0.2) is 18.3 Å². The molecule has 0 bridgehead atoms. The highest BCUT2D eigenvalue weighted by molar-refractivity contribution is 6.18. The van der Waals surface area contributed by atoms with E-state index in [9.17, 15) is 4.39 Å². The van der Waals surface area contributed by atoms with Crippen LogP contribution in [0.2, 0.25) is 0 Å². The van der Waals surface area contributed by atoms with E-state index < -0.39 is 0 Å². The third-order valence-corrected chi connectivity index (χ3v) is 2.92. The minimum atomic E-state index is -0.296. The molecule has 0 saturated carbocycles. The molecule has 0 radical (unpaired) electrons. The van der Waals surface area contributed by atoms with Gasteiger partial charge in [-0.2, -0.15) is 0 Å². The molecular formula is C10H12ClFN2. The van der Waals surface area contributed by atoms with Crippen molar-refractivity contribution in [1.29, 1.82) is 0 Å². The van der Waals surface area contributed by atoms with E-state index in [1.165, 1.54) is 12.3 Å². The van der Waals surface area contributed by atoms with Crippen molar-refractivity contribution >= 4 is 17.4 Å². The second-order valence-electron chi connectivity index (χ2n) is 3.48. The van der Waals surface area contributed by atoms with Crippen molar-refractivity contribution in [2.24, 2.45) is 0 Å². The molecule has 76 valence electrons. The summed E-state index contributed by atoms with van der Waals surface area (Å²) in [4.78, 5) is 6.20. The Morgan fingerprint density at radius 1 is 1.57 bits per heavy atom. The summed E-state index contributed by atoms with van der Waals surface area (Å²) in [6.07, 6.45) is 3.48. The van der Waals surface area contributed by atoms with Gasteiger partial charge in [0, 0.05) is 18.5 Å². The second-order valence-corrected chi connectivity index (χ2v) is 3.79. The fourth-order valence-corrected chi connectivity index (χ4v) is 2.16. The molecule has 1 atom stereocenters. The van der Waals surface area contributed by atoms with Crippen LogP contribution in [-0.4, -0.2) is 23.5 Å². The van der Waals surface area contributed by atoms with Crippen LogP contribution in [0.5, 0.6) is 0 Å². The minimum Gasteiger partial charge on any atom is -0.352 e. The van der Waals surface area contributed by atoms with Crippen LogP contribution >= 0.6 is 11.6 Å². The Kier molecular flexibility index (Phi) is 2.87. The van der Waals surface area contributed by atoms with E-state index in [1.807, 2.05) is 0 Å². The van der Waals surface area contributed by atoms with E-state index in [1.54, 1.807) is 6.07 Å². The maximum absolute atomic E-state index is 12.6. The predicted octanol–water partition coefficient (Wildman–Crippen LogP) is 2.43. The van der Waals surface area contributed by atoms with Crippen LogP contribution < -0.4 is 4.90 Å². The first-order valence-corrected chi connectivity index (χ1v) is 5.29. The van der Waals surface area contributed by atoms with Gasteiger partial charge in [0.1, 0.15) is 11.6 Å². The summed E-state index contributed by atoms with van der Waals surface area (Å²) in [5.74, 6) is 1.14. The van der Waals surface area contributed by atoms with Gasteiger partial charge in [-0.05, 0) is 25.0 Å². The van der Waals surface area contributed by atoms with Crippen LogP contribution in [0.3, 0.4) is 0 Å². The molecule has 0 aliphatic carbocycles. The molecule has 0 spiro atoms. The third-order valence-electron chi connectivity index (χ3n) is 2.56. The zero-order valence-electron chi connectivity index (χ0n) is 7.79. The Morgan fingerprint density at radius 3 is 3.07 bits per heavy atom. The van der Waals surface area contributed by atoms with Crippen LogP contribution in [0.25, 0.3) is 0 Å². The zero-order chi connectivity index (χ0) is 9.97. The van der Waals surface area contributed by atoms with Crippen LogP contribution in [-0.2, 0) is 0 Å². The Morgan fingerprint density at radius 2 is 2.43 bits per heavy atom. The van der Waals surface area contributed by atoms with E-state index in [-0.39, 0.29) is 5.82 Å². The van der Waals surface area contributed by atoms with Crippen molar-refractivity contribution in [2.45, 2.75) is 18.9 Å². The summed E-state index contributed by atoms with van der Waals surface area (Å²) in [5.41, 5.74) is 0. The number of hydrogen-bond acceptors (Lipinski definition) is 2. The molecule has 1 aliphatic rings. The summed E-state index contributed by atoms with van der Waals surface area (Å²) in [7, 11) is 0. The smallest absolute Gasteiger partial charge is 0.141 e. The average Bonchev–Trinajstić information content (AvgIpc) is 2.67. The van der Waals surface area contributed by atoms with Gasteiger partial charge >= 0.3 is 0 Å². The van der Waals surface area contributed by atoms with Crippen LogP contribution in [0.4, 0.5) is 10.2 Å². The summed E-state index contributed by atoms with van der Waals surface area (Å²) in [6.45, 7) is 0.968. The lowest BCUT2D eigenvalue weighted by molar-refractivity contribution is 0.619. The number of rotatable bonds is 2. The Bertz CT molecular complexity index is 301. The van der Waals surface area contributed by atoms with Gasteiger partial charge < -0.3 is 4.90 Å². The number of nitrogens with zero attached hydrogens (tertiary/aromatic N) is 2. The van der Waals surface area contributed by atoms with E-state index in [2.05, 4.69) is 9.88 Å². The number of anilines is 1. The predicted molar refractivity (Wildman–Crippen MR) is 55.3 cm³/mol. The zero-order valence-corrected chi connectivity index (χ0v) is 8.54. The topological polar surface area (TPSA) is 16.1 Å². The van der Waals surface area contributed by atoms with Crippen molar-refractivity contribution in [3.8, 4) is 0 Å². The van der Waals surface area contributed by atoms with Crippen molar-refractivity contribution in [3.63, 3.8) is 0 Å². The largest absolute Gasteiger partial charge is 0.352 e. The Hall–Kier alpha value is -0.830. The number of alkyl halides is 1. The number of hydrogen-bond donors (Lipinski definition) is 0. The Balaban J connectivity index is 2.17. The summed E-state index contributed by atoms with van der Waals surface area (Å²) in [5, 5.41) is 0. The van der Waals surface area contributed by atoms with E-state index in [0.717, 1.165) is 25.2 Å². The highest BCUT2D eigenvalue weighted by atomic mass is 35.5. The highest BCUT2D eigenvalue weighted by Gasteiger charge is 2.24. The standard InChI is InChI=1S/C10H12ClFN2/c11-6-9-2-1-5-14(9)10-4-3-8(12)7-13-10/h3-4,7,9H,1-2,5-6H2. The molecule has 1 aliphatic heterocycles. The molecule has 2 rings (SSSR count). The van der Waals surface area contributed by atoms with Crippen molar-refractivity contribution < 1.29 is 4.39 Å². The Labute approximate surface area is 87.7 Å². The molecule has 2 heterocycles. The first-order valence-electron chi connectivity index (χ1n) is 4.75. The average molecular weight is 215 g/mol. The number of aromatic nitrogens is 1.